The van der Waals surface area contributed by atoms with Gasteiger partial charge in [0.25, 0.3) is 11.6 Å². The second-order valence-electron chi connectivity index (χ2n) is 6.11. The Morgan fingerprint density at radius 2 is 1.90 bits per heavy atom. The zero-order valence-electron chi connectivity index (χ0n) is 15.3. The van der Waals surface area contributed by atoms with Gasteiger partial charge >= 0.3 is 0 Å². The molecule has 29 heavy (non-hydrogen) atoms. The topological polar surface area (TPSA) is 119 Å². The molecule has 1 aromatic heterocycles. The fourth-order valence-electron chi connectivity index (χ4n) is 2.49. The van der Waals surface area contributed by atoms with E-state index in [2.05, 4.69) is 31.7 Å². The monoisotopic (exact) mass is 457 g/mol. The van der Waals surface area contributed by atoms with E-state index in [1.54, 1.807) is 12.3 Å². The van der Waals surface area contributed by atoms with Gasteiger partial charge in [-0.2, -0.15) is 5.10 Å². The number of aryl methyl sites for hydroxylation is 1. The van der Waals surface area contributed by atoms with Gasteiger partial charge in [0.05, 0.1) is 17.2 Å². The average molecular weight is 458 g/mol. The number of hydrogen-bond donors (Lipinski definition) is 2. The van der Waals surface area contributed by atoms with Crippen LogP contribution in [0.2, 0.25) is 0 Å². The number of nitrogens with zero attached hydrogens (tertiary/aromatic N) is 3. The van der Waals surface area contributed by atoms with Gasteiger partial charge in [-0.3, -0.25) is 19.7 Å². The summed E-state index contributed by atoms with van der Waals surface area (Å²) in [4.78, 5) is 34.5. The molecule has 0 unspecified atom stereocenters. The van der Waals surface area contributed by atoms with Crippen molar-refractivity contribution >= 4 is 39.1 Å². The average Bonchev–Trinajstić information content (AvgIpc) is 3.19. The summed E-state index contributed by atoms with van der Waals surface area (Å²) in [5.41, 5.74) is 2.26. The van der Waals surface area contributed by atoms with E-state index in [1.165, 1.54) is 35.0 Å². The minimum absolute atomic E-state index is 0.0362. The number of halogens is 1. The maximum Gasteiger partial charge on any atom is 0.272 e. The predicted octanol–water partition coefficient (Wildman–Crippen LogP) is 3.22. The molecule has 0 aliphatic carbocycles. The van der Waals surface area contributed by atoms with Gasteiger partial charge in [-0.05, 0) is 48.9 Å². The lowest BCUT2D eigenvalue weighted by Gasteiger charge is -2.07. The van der Waals surface area contributed by atoms with Crippen LogP contribution < -0.4 is 10.6 Å². The number of benzene rings is 2. The van der Waals surface area contributed by atoms with Crippen LogP contribution in [-0.2, 0) is 4.79 Å². The molecule has 0 spiro atoms. The van der Waals surface area contributed by atoms with Gasteiger partial charge in [-0.25, -0.2) is 4.68 Å². The molecule has 3 aromatic rings. The van der Waals surface area contributed by atoms with E-state index in [0.717, 1.165) is 10.0 Å². The third-order valence-corrected chi connectivity index (χ3v) is 4.89. The first-order valence-corrected chi connectivity index (χ1v) is 9.27. The Morgan fingerprint density at radius 1 is 1.17 bits per heavy atom. The quantitative estimate of drug-likeness (QED) is 0.434. The number of carbonyl (C=O) groups is 2. The number of nitrogens with one attached hydrogen (secondary N) is 2. The Labute approximate surface area is 174 Å². The molecule has 1 heterocycles. The van der Waals surface area contributed by atoms with Crippen molar-refractivity contribution in [2.75, 3.05) is 11.9 Å². The first-order valence-electron chi connectivity index (χ1n) is 8.48. The molecule has 0 fully saturated rings. The van der Waals surface area contributed by atoms with Gasteiger partial charge in [0.1, 0.15) is 0 Å². The summed E-state index contributed by atoms with van der Waals surface area (Å²) in [6.45, 7) is 1.70. The maximum absolute atomic E-state index is 12.2. The highest BCUT2D eigenvalue weighted by Crippen LogP contribution is 2.20. The predicted molar refractivity (Wildman–Crippen MR) is 110 cm³/mol. The fraction of sp³-hybridized carbons (Fsp3) is 0.105. The molecule has 2 aromatic carbocycles. The zero-order valence-corrected chi connectivity index (χ0v) is 16.8. The lowest BCUT2D eigenvalue weighted by atomic mass is 10.2. The molecule has 0 aliphatic rings. The standard InChI is InChI=1S/C19H16BrN5O4/c1-12-10-13(2-7-16(12)20)22-18(26)11-21-19(27)17-8-9-24(23-17)14-3-5-15(6-4-14)25(28)29/h2-10H,11H2,1H3,(H,21,27)(H,22,26). The van der Waals surface area contributed by atoms with Crippen molar-refractivity contribution in [2.45, 2.75) is 6.92 Å². The van der Waals surface area contributed by atoms with Crippen molar-refractivity contribution < 1.29 is 14.5 Å². The first-order chi connectivity index (χ1) is 13.8. The van der Waals surface area contributed by atoms with Crippen molar-refractivity contribution in [3.8, 4) is 5.69 Å². The summed E-state index contributed by atoms with van der Waals surface area (Å²) in [6, 6.07) is 12.6. The van der Waals surface area contributed by atoms with Gasteiger partial charge in [0.15, 0.2) is 5.69 Å². The second-order valence-corrected chi connectivity index (χ2v) is 6.97. The molecule has 0 saturated carbocycles. The first kappa shape index (κ1) is 20.2. The zero-order chi connectivity index (χ0) is 21.0. The molecule has 0 aliphatic heterocycles. The molecular formula is C19H16BrN5O4. The third kappa shape index (κ3) is 5.05. The molecule has 9 nitrogen and oxygen atoms in total. The molecule has 0 bridgehead atoms. The third-order valence-electron chi connectivity index (χ3n) is 4.00. The van der Waals surface area contributed by atoms with Gasteiger partial charge in [0.2, 0.25) is 5.91 Å². The van der Waals surface area contributed by atoms with Crippen molar-refractivity contribution in [1.29, 1.82) is 0 Å². The minimum Gasteiger partial charge on any atom is -0.342 e. The molecule has 0 saturated heterocycles. The number of anilines is 1. The summed E-state index contributed by atoms with van der Waals surface area (Å²) in [6.07, 6.45) is 1.56. The number of carbonyl (C=O) groups excluding carboxylic acids is 2. The molecule has 148 valence electrons. The highest BCUT2D eigenvalue weighted by atomic mass is 79.9. The summed E-state index contributed by atoms with van der Waals surface area (Å²) in [5.74, 6) is -0.873. The van der Waals surface area contributed by atoms with Crippen LogP contribution in [0.5, 0.6) is 0 Å². The smallest absolute Gasteiger partial charge is 0.272 e. The number of amides is 2. The van der Waals surface area contributed by atoms with Crippen molar-refractivity contribution in [2.24, 2.45) is 0 Å². The van der Waals surface area contributed by atoms with E-state index < -0.39 is 10.8 Å². The second kappa shape index (κ2) is 8.65. The summed E-state index contributed by atoms with van der Waals surface area (Å²) in [7, 11) is 0. The normalized spacial score (nSPS) is 10.4. The van der Waals surface area contributed by atoms with E-state index in [4.69, 9.17) is 0 Å². The number of nitro benzene ring substituents is 1. The number of nitro groups is 1. The van der Waals surface area contributed by atoms with Crippen LogP contribution in [-0.4, -0.2) is 33.1 Å². The Balaban J connectivity index is 1.57. The summed E-state index contributed by atoms with van der Waals surface area (Å²) in [5, 5.41) is 20.1. The summed E-state index contributed by atoms with van der Waals surface area (Å²) >= 11 is 3.39. The van der Waals surface area contributed by atoms with Crippen molar-refractivity contribution in [3.05, 3.63) is 80.6 Å². The fourth-order valence-corrected chi connectivity index (χ4v) is 2.74. The van der Waals surface area contributed by atoms with Crippen LogP contribution in [0.1, 0.15) is 16.1 Å². The lowest BCUT2D eigenvalue weighted by molar-refractivity contribution is -0.384. The van der Waals surface area contributed by atoms with Crippen LogP contribution >= 0.6 is 15.9 Å². The Hall–Kier alpha value is -3.53. The maximum atomic E-state index is 12.2. The van der Waals surface area contributed by atoms with Crippen molar-refractivity contribution in [1.82, 2.24) is 15.1 Å². The molecule has 0 atom stereocenters. The van der Waals surface area contributed by atoms with Gasteiger partial charge in [0, 0.05) is 28.5 Å². The SMILES string of the molecule is Cc1cc(NC(=O)CNC(=O)c2ccn(-c3ccc([N+](=O)[O-])cc3)n2)ccc1Br. The van der Waals surface area contributed by atoms with Crippen LogP contribution in [0.15, 0.2) is 59.2 Å². The largest absolute Gasteiger partial charge is 0.342 e. The van der Waals surface area contributed by atoms with E-state index in [1.807, 2.05) is 19.1 Å². The van der Waals surface area contributed by atoms with E-state index >= 15 is 0 Å². The van der Waals surface area contributed by atoms with E-state index in [-0.39, 0.29) is 23.8 Å². The molecule has 2 N–H and O–H groups in total. The van der Waals surface area contributed by atoms with Crippen LogP contribution in [0.3, 0.4) is 0 Å². The molecular weight excluding hydrogens is 442 g/mol. The molecule has 2 amide bonds. The van der Waals surface area contributed by atoms with E-state index in [0.29, 0.717) is 11.4 Å². The van der Waals surface area contributed by atoms with Gasteiger partial charge in [-0.15, -0.1) is 0 Å². The molecule has 10 heteroatoms. The Bertz CT molecular complexity index is 1080. The van der Waals surface area contributed by atoms with Gasteiger partial charge < -0.3 is 10.6 Å². The van der Waals surface area contributed by atoms with Crippen LogP contribution in [0.4, 0.5) is 11.4 Å². The van der Waals surface area contributed by atoms with Gasteiger partial charge in [-0.1, -0.05) is 15.9 Å². The lowest BCUT2D eigenvalue weighted by Crippen LogP contribution is -2.33. The minimum atomic E-state index is -0.507. The van der Waals surface area contributed by atoms with Crippen LogP contribution in [0.25, 0.3) is 5.69 Å². The number of rotatable bonds is 6. The van der Waals surface area contributed by atoms with Crippen LogP contribution in [0, 0.1) is 17.0 Å². The number of aromatic nitrogens is 2. The molecule has 3 rings (SSSR count). The number of non-ortho nitro benzene ring substituents is 1. The highest BCUT2D eigenvalue weighted by molar-refractivity contribution is 9.10. The highest BCUT2D eigenvalue weighted by Gasteiger charge is 2.13. The summed E-state index contributed by atoms with van der Waals surface area (Å²) < 4.78 is 2.36. The molecule has 0 radical (unpaired) electrons. The number of hydrogen-bond acceptors (Lipinski definition) is 5. The Morgan fingerprint density at radius 3 is 2.55 bits per heavy atom. The van der Waals surface area contributed by atoms with E-state index in [9.17, 15) is 19.7 Å². The van der Waals surface area contributed by atoms with Crippen molar-refractivity contribution in [3.63, 3.8) is 0 Å². The Kier molecular flexibility index (Phi) is 6.03.